The van der Waals surface area contributed by atoms with Gasteiger partial charge in [0.25, 0.3) is 0 Å². The lowest BCUT2D eigenvalue weighted by atomic mass is 9.81. The Labute approximate surface area is 123 Å². The second kappa shape index (κ2) is 5.30. The van der Waals surface area contributed by atoms with Crippen LogP contribution in [0.15, 0.2) is 12.4 Å². The Morgan fingerprint density at radius 2 is 2.15 bits per heavy atom. The maximum Gasteiger partial charge on any atom is 0.138 e. The maximum absolute atomic E-state index is 6.01. The van der Waals surface area contributed by atoms with Gasteiger partial charge in [-0.05, 0) is 45.1 Å². The van der Waals surface area contributed by atoms with E-state index in [1.807, 2.05) is 0 Å². The molecule has 0 unspecified atom stereocenters. The molecule has 3 rings (SSSR count). The summed E-state index contributed by atoms with van der Waals surface area (Å²) in [5, 5.41) is 4.82. The lowest BCUT2D eigenvalue weighted by molar-refractivity contribution is 0.318. The lowest BCUT2D eigenvalue weighted by Crippen LogP contribution is -2.42. The third-order valence-electron chi connectivity index (χ3n) is 4.28. The average molecular weight is 290 g/mol. The van der Waals surface area contributed by atoms with Crippen molar-refractivity contribution in [1.82, 2.24) is 9.97 Å². The number of nitrogens with two attached hydrogens (primary N) is 1. The summed E-state index contributed by atoms with van der Waals surface area (Å²) in [4.78, 5) is 11.3. The molecule has 0 saturated heterocycles. The molecule has 0 bridgehead atoms. The molecular weight excluding hydrogens is 268 g/mol. The minimum atomic E-state index is 0.103. The normalized spacial score (nSPS) is 26.9. The standard InChI is InChI=1S/C15H22N4S/c1-3-11-8-12-13(17-9-18-14(12)20-11)19-15(2)6-4-10(16)5-7-15/h8-10H,3-7,16H2,1-2H3,(H,17,18,19). The predicted molar refractivity (Wildman–Crippen MR) is 85.3 cm³/mol. The van der Waals surface area contributed by atoms with Crippen LogP contribution in [0.25, 0.3) is 10.2 Å². The van der Waals surface area contributed by atoms with E-state index in [0.717, 1.165) is 48.1 Å². The van der Waals surface area contributed by atoms with Gasteiger partial charge in [0.2, 0.25) is 0 Å². The highest BCUT2D eigenvalue weighted by Gasteiger charge is 2.30. The van der Waals surface area contributed by atoms with Crippen LogP contribution in [0.1, 0.15) is 44.4 Å². The summed E-state index contributed by atoms with van der Waals surface area (Å²) in [5.74, 6) is 0.976. The zero-order chi connectivity index (χ0) is 14.2. The van der Waals surface area contributed by atoms with Crippen molar-refractivity contribution in [3.8, 4) is 0 Å². The molecule has 3 N–H and O–H groups in total. The summed E-state index contributed by atoms with van der Waals surface area (Å²) in [5.41, 5.74) is 6.11. The van der Waals surface area contributed by atoms with Gasteiger partial charge in [-0.2, -0.15) is 0 Å². The second-order valence-electron chi connectivity index (χ2n) is 6.03. The molecule has 4 nitrogen and oxygen atoms in total. The topological polar surface area (TPSA) is 63.8 Å². The van der Waals surface area contributed by atoms with E-state index in [0.29, 0.717) is 6.04 Å². The van der Waals surface area contributed by atoms with Crippen molar-refractivity contribution in [2.24, 2.45) is 5.73 Å². The van der Waals surface area contributed by atoms with Gasteiger partial charge in [0, 0.05) is 16.5 Å². The van der Waals surface area contributed by atoms with Crippen molar-refractivity contribution < 1.29 is 0 Å². The largest absolute Gasteiger partial charge is 0.364 e. The van der Waals surface area contributed by atoms with Crippen molar-refractivity contribution in [1.29, 1.82) is 0 Å². The third-order valence-corrected chi connectivity index (χ3v) is 5.47. The van der Waals surface area contributed by atoms with Gasteiger partial charge in [-0.1, -0.05) is 6.92 Å². The first kappa shape index (κ1) is 13.8. The van der Waals surface area contributed by atoms with Gasteiger partial charge in [-0.3, -0.25) is 0 Å². The van der Waals surface area contributed by atoms with Gasteiger partial charge < -0.3 is 11.1 Å². The molecule has 1 aliphatic rings. The molecule has 0 amide bonds. The molecule has 20 heavy (non-hydrogen) atoms. The zero-order valence-corrected chi connectivity index (χ0v) is 13.0. The van der Waals surface area contributed by atoms with Crippen LogP contribution in [0.4, 0.5) is 5.82 Å². The zero-order valence-electron chi connectivity index (χ0n) is 12.1. The number of hydrogen-bond acceptors (Lipinski definition) is 5. The monoisotopic (exact) mass is 290 g/mol. The van der Waals surface area contributed by atoms with E-state index in [2.05, 4.69) is 35.2 Å². The summed E-state index contributed by atoms with van der Waals surface area (Å²) in [6, 6.07) is 2.59. The molecule has 2 aromatic rings. The minimum Gasteiger partial charge on any atom is -0.364 e. The maximum atomic E-state index is 6.01. The van der Waals surface area contributed by atoms with E-state index in [-0.39, 0.29) is 5.54 Å². The van der Waals surface area contributed by atoms with E-state index in [1.165, 1.54) is 4.88 Å². The molecule has 2 heterocycles. The van der Waals surface area contributed by atoms with E-state index in [4.69, 9.17) is 5.73 Å². The Hall–Kier alpha value is -1.20. The number of nitrogens with one attached hydrogen (secondary N) is 1. The van der Waals surface area contributed by atoms with Crippen LogP contribution in [0.3, 0.4) is 0 Å². The highest BCUT2D eigenvalue weighted by molar-refractivity contribution is 7.18. The van der Waals surface area contributed by atoms with Crippen molar-refractivity contribution in [3.05, 3.63) is 17.3 Å². The van der Waals surface area contributed by atoms with Gasteiger partial charge in [0.15, 0.2) is 0 Å². The predicted octanol–water partition coefficient (Wildman–Crippen LogP) is 3.33. The molecule has 108 valence electrons. The highest BCUT2D eigenvalue weighted by Crippen LogP contribution is 2.34. The summed E-state index contributed by atoms with van der Waals surface area (Å²) >= 11 is 1.76. The Balaban J connectivity index is 1.88. The summed E-state index contributed by atoms with van der Waals surface area (Å²) in [7, 11) is 0. The number of aromatic nitrogens is 2. The Morgan fingerprint density at radius 1 is 1.40 bits per heavy atom. The Morgan fingerprint density at radius 3 is 2.85 bits per heavy atom. The van der Waals surface area contributed by atoms with Crippen LogP contribution < -0.4 is 11.1 Å². The lowest BCUT2D eigenvalue weighted by Gasteiger charge is -2.37. The second-order valence-corrected chi connectivity index (χ2v) is 7.15. The highest BCUT2D eigenvalue weighted by atomic mass is 32.1. The van der Waals surface area contributed by atoms with Crippen LogP contribution in [-0.2, 0) is 6.42 Å². The van der Waals surface area contributed by atoms with Crippen LogP contribution in [0.2, 0.25) is 0 Å². The fourth-order valence-corrected chi connectivity index (χ4v) is 3.80. The van der Waals surface area contributed by atoms with E-state index < -0.39 is 0 Å². The minimum absolute atomic E-state index is 0.103. The molecule has 0 aliphatic heterocycles. The molecule has 0 atom stereocenters. The first-order valence-corrected chi connectivity index (χ1v) is 8.18. The molecular formula is C15H22N4S. The third kappa shape index (κ3) is 2.65. The van der Waals surface area contributed by atoms with Crippen molar-refractivity contribution in [2.75, 3.05) is 5.32 Å². The molecule has 1 saturated carbocycles. The van der Waals surface area contributed by atoms with Gasteiger partial charge >= 0.3 is 0 Å². The number of nitrogens with zero attached hydrogens (tertiary/aromatic N) is 2. The SMILES string of the molecule is CCc1cc2c(NC3(C)CCC(N)CC3)ncnc2s1. The van der Waals surface area contributed by atoms with Crippen LogP contribution in [0, 0.1) is 0 Å². The van der Waals surface area contributed by atoms with Crippen molar-refractivity contribution in [2.45, 2.75) is 57.5 Å². The first-order valence-electron chi connectivity index (χ1n) is 7.37. The molecule has 1 fully saturated rings. The average Bonchev–Trinajstić information content (AvgIpc) is 2.87. The number of hydrogen-bond donors (Lipinski definition) is 2. The Kier molecular flexibility index (Phi) is 3.65. The van der Waals surface area contributed by atoms with Crippen molar-refractivity contribution >= 4 is 27.4 Å². The van der Waals surface area contributed by atoms with E-state index >= 15 is 0 Å². The molecule has 2 aromatic heterocycles. The Bertz CT molecular complexity index is 599. The van der Waals surface area contributed by atoms with Crippen molar-refractivity contribution in [3.63, 3.8) is 0 Å². The number of aryl methyl sites for hydroxylation is 1. The van der Waals surface area contributed by atoms with Crippen LogP contribution in [-0.4, -0.2) is 21.5 Å². The summed E-state index contributed by atoms with van der Waals surface area (Å²) in [6.45, 7) is 4.45. The molecule has 0 radical (unpaired) electrons. The van der Waals surface area contributed by atoms with Gasteiger partial charge in [0.05, 0.1) is 5.39 Å². The van der Waals surface area contributed by atoms with Gasteiger partial charge in [-0.15, -0.1) is 11.3 Å². The number of fused-ring (bicyclic) bond motifs is 1. The molecule has 0 aromatic carbocycles. The fraction of sp³-hybridized carbons (Fsp3) is 0.600. The quantitative estimate of drug-likeness (QED) is 0.910. The number of thiophene rings is 1. The summed E-state index contributed by atoms with van der Waals surface area (Å²) in [6.07, 6.45) is 7.09. The van der Waals surface area contributed by atoms with Crippen LogP contribution >= 0.6 is 11.3 Å². The first-order chi connectivity index (χ1) is 9.59. The van der Waals surface area contributed by atoms with Gasteiger partial charge in [0.1, 0.15) is 17.0 Å². The summed E-state index contributed by atoms with van der Waals surface area (Å²) < 4.78 is 0. The van der Waals surface area contributed by atoms with E-state index in [1.54, 1.807) is 17.7 Å². The fourth-order valence-electron chi connectivity index (χ4n) is 2.87. The van der Waals surface area contributed by atoms with E-state index in [9.17, 15) is 0 Å². The molecule has 5 heteroatoms. The number of anilines is 1. The van der Waals surface area contributed by atoms with Crippen LogP contribution in [0.5, 0.6) is 0 Å². The smallest absolute Gasteiger partial charge is 0.138 e. The number of rotatable bonds is 3. The molecule has 0 spiro atoms. The molecule has 1 aliphatic carbocycles. The van der Waals surface area contributed by atoms with Gasteiger partial charge in [-0.25, -0.2) is 9.97 Å².